The average Bonchev–Trinajstić information content (AvgIpc) is 2.77. The Balaban J connectivity index is 1.86. The fourth-order valence-electron chi connectivity index (χ4n) is 2.69. The fourth-order valence-corrected chi connectivity index (χ4v) is 2.98. The molecule has 0 radical (unpaired) electrons. The van der Waals surface area contributed by atoms with Gasteiger partial charge in [0.2, 0.25) is 0 Å². The lowest BCUT2D eigenvalue weighted by atomic mass is 9.98. The Labute approximate surface area is 182 Å². The van der Waals surface area contributed by atoms with Crippen molar-refractivity contribution in [1.29, 1.82) is 0 Å². The molecule has 0 aliphatic carbocycles. The minimum Gasteiger partial charge on any atom is -0.496 e. The number of oxime groups is 1. The Bertz CT molecular complexity index is 1130. The van der Waals surface area contributed by atoms with Gasteiger partial charge >= 0.3 is 5.97 Å². The first-order chi connectivity index (χ1) is 14.4. The van der Waals surface area contributed by atoms with Gasteiger partial charge in [0.05, 0.1) is 18.2 Å². The van der Waals surface area contributed by atoms with Crippen molar-refractivity contribution in [2.24, 2.45) is 10.9 Å². The van der Waals surface area contributed by atoms with Crippen molar-refractivity contribution >= 4 is 40.8 Å². The molecule has 0 spiro atoms. The molecule has 6 nitrogen and oxygen atoms in total. The van der Waals surface area contributed by atoms with Gasteiger partial charge < -0.3 is 15.3 Å². The zero-order valence-corrected chi connectivity index (χ0v) is 17.3. The van der Waals surface area contributed by atoms with Crippen LogP contribution in [0.3, 0.4) is 0 Å². The summed E-state index contributed by atoms with van der Waals surface area (Å²) in [4.78, 5) is 30.4. The molecule has 0 aliphatic rings. The number of ether oxygens (including phenoxy) is 1. The lowest BCUT2D eigenvalue weighted by Crippen LogP contribution is -2.17. The summed E-state index contributed by atoms with van der Waals surface area (Å²) in [7, 11) is 1.46. The van der Waals surface area contributed by atoms with Crippen LogP contribution in [0.2, 0.25) is 10.0 Å². The van der Waals surface area contributed by atoms with Crippen LogP contribution < -0.4 is 10.5 Å². The Hall–Kier alpha value is -3.35. The normalized spacial score (nSPS) is 11.1. The fraction of sp³-hybridized carbons (Fsp3) is 0.0455. The summed E-state index contributed by atoms with van der Waals surface area (Å²) in [5.41, 5.74) is 6.88. The zero-order valence-electron chi connectivity index (χ0n) is 15.8. The maximum absolute atomic E-state index is 12.8. The molecule has 0 aromatic heterocycles. The molecule has 0 saturated heterocycles. The van der Waals surface area contributed by atoms with E-state index in [2.05, 4.69) is 5.16 Å². The molecule has 0 bridgehead atoms. The van der Waals surface area contributed by atoms with Crippen LogP contribution >= 0.6 is 23.2 Å². The van der Waals surface area contributed by atoms with Gasteiger partial charge in [-0.25, -0.2) is 4.79 Å². The molecule has 8 heteroatoms. The summed E-state index contributed by atoms with van der Waals surface area (Å²) in [5, 5.41) is 4.59. The van der Waals surface area contributed by atoms with Crippen LogP contribution in [-0.4, -0.2) is 24.7 Å². The summed E-state index contributed by atoms with van der Waals surface area (Å²) in [6, 6.07) is 17.4. The van der Waals surface area contributed by atoms with Crippen molar-refractivity contribution in [3.63, 3.8) is 0 Å². The van der Waals surface area contributed by atoms with Crippen LogP contribution in [0.4, 0.5) is 0 Å². The van der Waals surface area contributed by atoms with E-state index in [1.54, 1.807) is 48.5 Å². The number of rotatable bonds is 6. The van der Waals surface area contributed by atoms with E-state index in [0.717, 1.165) is 0 Å². The Morgan fingerprint density at radius 3 is 2.17 bits per heavy atom. The van der Waals surface area contributed by atoms with Gasteiger partial charge in [0.25, 0.3) is 0 Å². The number of amidine groups is 1. The highest BCUT2D eigenvalue weighted by atomic mass is 35.5. The zero-order chi connectivity index (χ0) is 21.7. The number of halogens is 2. The van der Waals surface area contributed by atoms with Gasteiger partial charge in [-0.1, -0.05) is 46.6 Å². The number of ketones is 1. The lowest BCUT2D eigenvalue weighted by Gasteiger charge is -2.09. The van der Waals surface area contributed by atoms with Crippen LogP contribution in [-0.2, 0) is 4.84 Å². The number of benzene rings is 3. The van der Waals surface area contributed by atoms with E-state index < -0.39 is 5.97 Å². The molecule has 3 aromatic carbocycles. The molecule has 0 unspecified atom stereocenters. The number of nitrogens with zero attached hydrogens (tertiary/aromatic N) is 1. The standard InChI is InChI=1S/C22H16Cl2N2O4/c1-29-19-11-10-15(24)12-18(19)21(25)26-30-22(28)17-5-3-2-4-16(17)20(27)13-6-8-14(23)9-7-13/h2-12H,1H3,(H2,25,26). The van der Waals surface area contributed by atoms with E-state index in [4.69, 9.17) is 38.5 Å². The van der Waals surface area contributed by atoms with Crippen molar-refractivity contribution in [3.8, 4) is 5.75 Å². The van der Waals surface area contributed by atoms with Crippen molar-refractivity contribution < 1.29 is 19.2 Å². The van der Waals surface area contributed by atoms with Crippen LogP contribution in [0.1, 0.15) is 31.8 Å². The smallest absolute Gasteiger partial charge is 0.366 e. The number of carbonyl (C=O) groups excluding carboxylic acids is 2. The summed E-state index contributed by atoms with van der Waals surface area (Å²) in [5.74, 6) is -0.885. The van der Waals surface area contributed by atoms with Crippen LogP contribution in [0.25, 0.3) is 0 Å². The second kappa shape index (κ2) is 9.43. The van der Waals surface area contributed by atoms with E-state index in [-0.39, 0.29) is 22.7 Å². The Morgan fingerprint density at radius 1 is 0.867 bits per heavy atom. The molecule has 0 aliphatic heterocycles. The van der Waals surface area contributed by atoms with Crippen molar-refractivity contribution in [1.82, 2.24) is 0 Å². The second-order valence-electron chi connectivity index (χ2n) is 6.08. The predicted molar refractivity (Wildman–Crippen MR) is 115 cm³/mol. The van der Waals surface area contributed by atoms with Gasteiger partial charge in [0.15, 0.2) is 11.6 Å². The maximum atomic E-state index is 12.8. The lowest BCUT2D eigenvalue weighted by molar-refractivity contribution is 0.0513. The van der Waals surface area contributed by atoms with Crippen LogP contribution in [0, 0.1) is 0 Å². The molecule has 30 heavy (non-hydrogen) atoms. The predicted octanol–water partition coefficient (Wildman–Crippen LogP) is 4.71. The molecule has 0 atom stereocenters. The van der Waals surface area contributed by atoms with Crippen molar-refractivity contribution in [2.45, 2.75) is 0 Å². The third kappa shape index (κ3) is 4.79. The van der Waals surface area contributed by atoms with Gasteiger partial charge in [-0.3, -0.25) is 4.79 Å². The summed E-state index contributed by atoms with van der Waals surface area (Å²) in [6.07, 6.45) is 0. The van der Waals surface area contributed by atoms with Crippen LogP contribution in [0.5, 0.6) is 5.75 Å². The minimum absolute atomic E-state index is 0.0482. The molecule has 0 fully saturated rings. The molecule has 0 heterocycles. The summed E-state index contributed by atoms with van der Waals surface area (Å²) >= 11 is 11.8. The van der Waals surface area contributed by atoms with Gasteiger partial charge in [-0.15, -0.1) is 0 Å². The number of methoxy groups -OCH3 is 1. The molecule has 152 valence electrons. The number of carbonyl (C=O) groups is 2. The van der Waals surface area contributed by atoms with E-state index in [9.17, 15) is 9.59 Å². The van der Waals surface area contributed by atoms with E-state index >= 15 is 0 Å². The topological polar surface area (TPSA) is 91.0 Å². The highest BCUT2D eigenvalue weighted by molar-refractivity contribution is 6.31. The van der Waals surface area contributed by atoms with Gasteiger partial charge in [-0.05, 0) is 48.5 Å². The molecule has 2 N–H and O–H groups in total. The third-order valence-corrected chi connectivity index (χ3v) is 4.65. The van der Waals surface area contributed by atoms with Crippen molar-refractivity contribution in [2.75, 3.05) is 7.11 Å². The number of hydrogen-bond donors (Lipinski definition) is 1. The molecule has 0 amide bonds. The third-order valence-electron chi connectivity index (χ3n) is 4.16. The SMILES string of the molecule is COc1ccc(Cl)cc1/C(N)=N/OC(=O)c1ccccc1C(=O)c1ccc(Cl)cc1. The van der Waals surface area contributed by atoms with E-state index in [1.165, 1.54) is 25.3 Å². The first-order valence-electron chi connectivity index (χ1n) is 8.68. The molecular weight excluding hydrogens is 427 g/mol. The number of hydrogen-bond acceptors (Lipinski definition) is 5. The summed E-state index contributed by atoms with van der Waals surface area (Å²) in [6.45, 7) is 0. The van der Waals surface area contributed by atoms with Crippen molar-refractivity contribution in [3.05, 3.63) is 99.0 Å². The van der Waals surface area contributed by atoms with E-state index in [0.29, 0.717) is 26.9 Å². The maximum Gasteiger partial charge on any atom is 0.366 e. The highest BCUT2D eigenvalue weighted by Crippen LogP contribution is 2.23. The molecular formula is C22H16Cl2N2O4. The number of nitrogens with two attached hydrogens (primary N) is 1. The second-order valence-corrected chi connectivity index (χ2v) is 6.95. The monoisotopic (exact) mass is 442 g/mol. The molecule has 3 rings (SSSR count). The largest absolute Gasteiger partial charge is 0.496 e. The van der Waals surface area contributed by atoms with Crippen LogP contribution in [0.15, 0.2) is 71.9 Å². The van der Waals surface area contributed by atoms with Gasteiger partial charge in [0.1, 0.15) is 5.75 Å². The first kappa shape index (κ1) is 21.4. The van der Waals surface area contributed by atoms with E-state index in [1.807, 2.05) is 0 Å². The molecule has 0 saturated carbocycles. The first-order valence-corrected chi connectivity index (χ1v) is 9.44. The quantitative estimate of drug-likeness (QED) is 0.196. The minimum atomic E-state index is -0.836. The molecule has 3 aromatic rings. The Morgan fingerprint density at radius 2 is 1.50 bits per heavy atom. The average molecular weight is 443 g/mol. The van der Waals surface area contributed by atoms with Gasteiger partial charge in [0, 0.05) is 21.2 Å². The van der Waals surface area contributed by atoms with Gasteiger partial charge in [-0.2, -0.15) is 0 Å². The summed E-state index contributed by atoms with van der Waals surface area (Å²) < 4.78 is 5.21. The highest BCUT2D eigenvalue weighted by Gasteiger charge is 2.20. The Kier molecular flexibility index (Phi) is 6.72.